The maximum absolute atomic E-state index is 10.2. The molecule has 3 aromatic rings. The highest BCUT2D eigenvalue weighted by Gasteiger charge is 2.15. The summed E-state index contributed by atoms with van der Waals surface area (Å²) in [5.41, 5.74) is 2.76. The van der Waals surface area contributed by atoms with Crippen molar-refractivity contribution < 1.29 is 14.6 Å². The number of nitrogens with zero attached hydrogens (tertiary/aromatic N) is 3. The van der Waals surface area contributed by atoms with Crippen molar-refractivity contribution in [1.82, 2.24) is 4.68 Å². The van der Waals surface area contributed by atoms with Crippen LogP contribution in [0.15, 0.2) is 56.3 Å². The maximum Gasteiger partial charge on any atom is 0.206 e. The highest BCUT2D eigenvalue weighted by atomic mass is 79.9. The lowest BCUT2D eigenvalue weighted by molar-refractivity contribution is 0.340. The molecule has 2 aromatic carbocycles. The van der Waals surface area contributed by atoms with Crippen LogP contribution in [0, 0.1) is 0 Å². The third-order valence-corrected chi connectivity index (χ3v) is 7.05. The van der Waals surface area contributed by atoms with E-state index in [9.17, 15) is 5.11 Å². The number of aromatic nitrogens is 1. The van der Waals surface area contributed by atoms with Crippen molar-refractivity contribution >= 4 is 33.5 Å². The van der Waals surface area contributed by atoms with E-state index in [-0.39, 0.29) is 5.75 Å². The molecule has 0 radical (unpaired) electrons. The zero-order chi connectivity index (χ0) is 22.5. The third-order valence-electron chi connectivity index (χ3n) is 5.53. The fourth-order valence-electron chi connectivity index (χ4n) is 3.83. The Hall–Kier alpha value is -2.58. The quantitative estimate of drug-likeness (QED) is 0.420. The Labute approximate surface area is 200 Å². The van der Waals surface area contributed by atoms with Gasteiger partial charge in [0.15, 0.2) is 11.5 Å². The number of methoxy groups -OCH3 is 2. The molecule has 8 heteroatoms. The SMILES string of the molecule is COc1cc(C=Nn2c(-c3ccccc3Br)csc2=NC2CCCCC2)cc(OC)c1O. The number of phenolic OH excluding ortho intramolecular Hbond substituents is 1. The molecule has 1 N–H and O–H groups in total. The van der Waals surface area contributed by atoms with E-state index in [1.807, 2.05) is 22.9 Å². The molecule has 6 nitrogen and oxygen atoms in total. The van der Waals surface area contributed by atoms with Gasteiger partial charge in [0, 0.05) is 21.0 Å². The normalized spacial score (nSPS) is 15.4. The second kappa shape index (κ2) is 10.4. The first-order valence-corrected chi connectivity index (χ1v) is 12.3. The van der Waals surface area contributed by atoms with Gasteiger partial charge in [0.2, 0.25) is 10.6 Å². The van der Waals surface area contributed by atoms with Crippen LogP contribution in [0.25, 0.3) is 11.3 Å². The minimum absolute atomic E-state index is 0.0303. The molecule has 1 heterocycles. The van der Waals surface area contributed by atoms with Gasteiger partial charge in [0.25, 0.3) is 0 Å². The van der Waals surface area contributed by atoms with E-state index >= 15 is 0 Å². The molecule has 1 fully saturated rings. The van der Waals surface area contributed by atoms with Crippen molar-refractivity contribution in [3.05, 3.63) is 56.6 Å². The smallest absolute Gasteiger partial charge is 0.206 e. The molecule has 0 spiro atoms. The molecule has 1 aliphatic rings. The monoisotopic (exact) mass is 515 g/mol. The van der Waals surface area contributed by atoms with Gasteiger partial charge in [0.05, 0.1) is 32.2 Å². The highest BCUT2D eigenvalue weighted by molar-refractivity contribution is 9.10. The number of hydrogen-bond acceptors (Lipinski definition) is 6. The van der Waals surface area contributed by atoms with Crippen molar-refractivity contribution in [3.8, 4) is 28.5 Å². The molecule has 0 bridgehead atoms. The summed E-state index contributed by atoms with van der Waals surface area (Å²) in [4.78, 5) is 5.92. The summed E-state index contributed by atoms with van der Waals surface area (Å²) in [5, 5.41) is 17.1. The van der Waals surface area contributed by atoms with Crippen LogP contribution in [0.5, 0.6) is 17.2 Å². The lowest BCUT2D eigenvalue weighted by Gasteiger charge is -2.16. The van der Waals surface area contributed by atoms with Crippen LogP contribution < -0.4 is 14.3 Å². The Morgan fingerprint density at radius 1 is 1.09 bits per heavy atom. The Balaban J connectivity index is 1.80. The minimum atomic E-state index is -0.0303. The molecule has 1 aliphatic carbocycles. The molecule has 0 saturated heterocycles. The fourth-order valence-corrected chi connectivity index (χ4v) is 5.22. The van der Waals surface area contributed by atoms with E-state index in [1.54, 1.807) is 29.7 Å². The predicted octanol–water partition coefficient (Wildman–Crippen LogP) is 5.82. The van der Waals surface area contributed by atoms with E-state index in [0.717, 1.165) is 38.9 Å². The van der Waals surface area contributed by atoms with E-state index in [2.05, 4.69) is 27.4 Å². The van der Waals surface area contributed by atoms with E-state index in [4.69, 9.17) is 19.6 Å². The summed E-state index contributed by atoms with van der Waals surface area (Å²) in [6, 6.07) is 11.9. The summed E-state index contributed by atoms with van der Waals surface area (Å²) in [5.74, 6) is 0.635. The predicted molar refractivity (Wildman–Crippen MR) is 132 cm³/mol. The minimum Gasteiger partial charge on any atom is -0.502 e. The summed E-state index contributed by atoms with van der Waals surface area (Å²) >= 11 is 5.26. The van der Waals surface area contributed by atoms with Crippen LogP contribution in [0.2, 0.25) is 0 Å². The molecule has 0 aliphatic heterocycles. The van der Waals surface area contributed by atoms with Crippen LogP contribution in [-0.2, 0) is 0 Å². The molecule has 0 unspecified atom stereocenters. The molecule has 0 atom stereocenters. The Bertz CT molecular complexity index is 1150. The first-order valence-electron chi connectivity index (χ1n) is 10.6. The lowest BCUT2D eigenvalue weighted by atomic mass is 9.96. The largest absolute Gasteiger partial charge is 0.502 e. The number of thiazole rings is 1. The van der Waals surface area contributed by atoms with Crippen molar-refractivity contribution in [2.45, 2.75) is 38.1 Å². The van der Waals surface area contributed by atoms with E-state index in [0.29, 0.717) is 17.5 Å². The van der Waals surface area contributed by atoms with Gasteiger partial charge in [0.1, 0.15) is 0 Å². The molecule has 4 rings (SSSR count). The van der Waals surface area contributed by atoms with Crippen LogP contribution in [0.4, 0.5) is 0 Å². The summed E-state index contributed by atoms with van der Waals surface area (Å²) in [7, 11) is 3.02. The Morgan fingerprint density at radius 2 is 1.78 bits per heavy atom. The van der Waals surface area contributed by atoms with Gasteiger partial charge in [-0.1, -0.05) is 53.4 Å². The summed E-state index contributed by atoms with van der Waals surface area (Å²) in [6.45, 7) is 0. The van der Waals surface area contributed by atoms with Crippen LogP contribution in [0.3, 0.4) is 0 Å². The molecular weight excluding hydrogens is 490 g/mol. The number of halogens is 1. The highest BCUT2D eigenvalue weighted by Crippen LogP contribution is 2.36. The standard InChI is InChI=1S/C24H26BrN3O3S/c1-30-21-12-16(13-22(31-2)23(21)29)14-26-28-20(18-10-6-7-11-19(18)25)15-32-24(28)27-17-8-4-3-5-9-17/h6-7,10-15,17,29H,3-5,8-9H2,1-2H3. The molecule has 32 heavy (non-hydrogen) atoms. The van der Waals surface area contributed by atoms with Gasteiger partial charge < -0.3 is 14.6 Å². The van der Waals surface area contributed by atoms with Crippen molar-refractivity contribution in [2.75, 3.05) is 14.2 Å². The summed E-state index contributed by atoms with van der Waals surface area (Å²) < 4.78 is 13.4. The number of rotatable bonds is 6. The topological polar surface area (TPSA) is 68.3 Å². The molecule has 168 valence electrons. The number of phenols is 1. The number of aromatic hydroxyl groups is 1. The van der Waals surface area contributed by atoms with Gasteiger partial charge in [-0.2, -0.15) is 5.10 Å². The van der Waals surface area contributed by atoms with Crippen molar-refractivity contribution in [1.29, 1.82) is 0 Å². The molecular formula is C24H26BrN3O3S. The lowest BCUT2D eigenvalue weighted by Crippen LogP contribution is -2.19. The summed E-state index contributed by atoms with van der Waals surface area (Å²) in [6.07, 6.45) is 7.73. The van der Waals surface area contributed by atoms with Crippen molar-refractivity contribution in [3.63, 3.8) is 0 Å². The zero-order valence-corrected chi connectivity index (χ0v) is 20.5. The molecule has 0 amide bonds. The van der Waals surface area contributed by atoms with Gasteiger partial charge in [-0.15, -0.1) is 11.3 Å². The second-order valence-corrected chi connectivity index (χ2v) is 9.33. The zero-order valence-electron chi connectivity index (χ0n) is 18.1. The average molecular weight is 516 g/mol. The third kappa shape index (κ3) is 4.91. The fraction of sp³-hybridized carbons (Fsp3) is 0.333. The van der Waals surface area contributed by atoms with Gasteiger partial charge in [-0.3, -0.25) is 4.99 Å². The van der Waals surface area contributed by atoms with Gasteiger partial charge in [-0.25, -0.2) is 4.68 Å². The van der Waals surface area contributed by atoms with Crippen LogP contribution in [-0.4, -0.2) is 36.3 Å². The van der Waals surface area contributed by atoms with Crippen LogP contribution >= 0.6 is 27.3 Å². The van der Waals surface area contributed by atoms with Crippen LogP contribution in [0.1, 0.15) is 37.7 Å². The molecule has 1 saturated carbocycles. The molecule has 1 aromatic heterocycles. The number of ether oxygens (including phenoxy) is 2. The first-order chi connectivity index (χ1) is 15.6. The Morgan fingerprint density at radius 3 is 2.44 bits per heavy atom. The van der Waals surface area contributed by atoms with E-state index in [1.165, 1.54) is 33.5 Å². The first kappa shape index (κ1) is 22.6. The number of benzene rings is 2. The van der Waals surface area contributed by atoms with Gasteiger partial charge >= 0.3 is 0 Å². The van der Waals surface area contributed by atoms with Crippen molar-refractivity contribution in [2.24, 2.45) is 10.1 Å². The second-order valence-electron chi connectivity index (χ2n) is 7.63. The number of hydrogen-bond donors (Lipinski definition) is 1. The average Bonchev–Trinajstić information content (AvgIpc) is 3.21. The van der Waals surface area contributed by atoms with E-state index < -0.39 is 0 Å². The Kier molecular flexibility index (Phi) is 7.32. The maximum atomic E-state index is 10.2. The van der Waals surface area contributed by atoms with Gasteiger partial charge in [-0.05, 0) is 31.0 Å².